The van der Waals surface area contributed by atoms with Crippen LogP contribution in [0.3, 0.4) is 0 Å². The van der Waals surface area contributed by atoms with Gasteiger partial charge in [-0.15, -0.1) is 0 Å². The zero-order chi connectivity index (χ0) is 7.56. The standard InChI is InChI=1S/C7H7BFN/c8-6-2-1-5(4-10)3-7(6)9/h1-3H,4,10H2. The number of rotatable bonds is 1. The lowest BCUT2D eigenvalue weighted by Crippen LogP contribution is -2.09. The van der Waals surface area contributed by atoms with E-state index in [4.69, 9.17) is 13.6 Å². The highest BCUT2D eigenvalue weighted by Gasteiger charge is 1.95. The van der Waals surface area contributed by atoms with Crippen molar-refractivity contribution in [2.24, 2.45) is 5.73 Å². The predicted octanol–water partition coefficient (Wildman–Crippen LogP) is 0.0782. The Kier molecular flexibility index (Phi) is 2.07. The van der Waals surface area contributed by atoms with Gasteiger partial charge in [0, 0.05) is 6.54 Å². The van der Waals surface area contributed by atoms with Crippen LogP contribution in [-0.2, 0) is 6.54 Å². The van der Waals surface area contributed by atoms with Crippen LogP contribution in [0.1, 0.15) is 5.56 Å². The third-order valence-corrected chi connectivity index (χ3v) is 1.30. The smallest absolute Gasteiger partial charge is 0.117 e. The molecule has 1 aromatic carbocycles. The van der Waals surface area contributed by atoms with Gasteiger partial charge in [-0.3, -0.25) is 0 Å². The Morgan fingerprint density at radius 3 is 2.70 bits per heavy atom. The van der Waals surface area contributed by atoms with E-state index in [0.29, 0.717) is 6.54 Å². The second-order valence-corrected chi connectivity index (χ2v) is 2.06. The van der Waals surface area contributed by atoms with Crippen LogP contribution in [0.4, 0.5) is 4.39 Å². The van der Waals surface area contributed by atoms with Crippen molar-refractivity contribution < 1.29 is 4.39 Å². The Bertz CT molecular complexity index is 237. The Hall–Kier alpha value is -0.825. The fourth-order valence-corrected chi connectivity index (χ4v) is 0.698. The lowest BCUT2D eigenvalue weighted by molar-refractivity contribution is 0.634. The summed E-state index contributed by atoms with van der Waals surface area (Å²) in [6.07, 6.45) is 0. The van der Waals surface area contributed by atoms with Crippen molar-refractivity contribution in [3.63, 3.8) is 0 Å². The Balaban J connectivity index is 3.04. The van der Waals surface area contributed by atoms with E-state index in [0.717, 1.165) is 5.56 Å². The zero-order valence-electron chi connectivity index (χ0n) is 5.47. The van der Waals surface area contributed by atoms with Gasteiger partial charge in [-0.25, -0.2) is 4.39 Å². The van der Waals surface area contributed by atoms with Gasteiger partial charge in [-0.2, -0.15) is 0 Å². The van der Waals surface area contributed by atoms with E-state index in [1.165, 1.54) is 12.1 Å². The highest BCUT2D eigenvalue weighted by Crippen LogP contribution is 1.98. The van der Waals surface area contributed by atoms with Gasteiger partial charge in [0.15, 0.2) is 0 Å². The second kappa shape index (κ2) is 2.84. The topological polar surface area (TPSA) is 26.0 Å². The van der Waals surface area contributed by atoms with Crippen LogP contribution in [-0.4, -0.2) is 7.85 Å². The average molecular weight is 135 g/mol. The molecular formula is C7H7BFN. The van der Waals surface area contributed by atoms with Gasteiger partial charge in [0.05, 0.1) is 0 Å². The molecule has 0 fully saturated rings. The molecule has 0 saturated heterocycles. The number of nitrogens with two attached hydrogens (primary N) is 1. The van der Waals surface area contributed by atoms with Crippen LogP contribution in [0, 0.1) is 5.82 Å². The molecule has 0 amide bonds. The monoisotopic (exact) mass is 135 g/mol. The van der Waals surface area contributed by atoms with Gasteiger partial charge in [0.1, 0.15) is 13.7 Å². The molecule has 0 atom stereocenters. The molecule has 0 aromatic heterocycles. The fourth-order valence-electron chi connectivity index (χ4n) is 0.698. The third kappa shape index (κ3) is 1.36. The molecule has 10 heavy (non-hydrogen) atoms. The van der Waals surface area contributed by atoms with Crippen LogP contribution in [0.2, 0.25) is 0 Å². The molecule has 1 aromatic rings. The van der Waals surface area contributed by atoms with E-state index in [2.05, 4.69) is 0 Å². The van der Waals surface area contributed by atoms with Crippen molar-refractivity contribution in [1.29, 1.82) is 0 Å². The van der Waals surface area contributed by atoms with Gasteiger partial charge >= 0.3 is 0 Å². The van der Waals surface area contributed by atoms with Crippen molar-refractivity contribution in [1.82, 2.24) is 0 Å². The molecule has 0 spiro atoms. The molecule has 50 valence electrons. The molecular weight excluding hydrogens is 128 g/mol. The third-order valence-electron chi connectivity index (χ3n) is 1.30. The highest BCUT2D eigenvalue weighted by atomic mass is 19.1. The predicted molar refractivity (Wildman–Crippen MR) is 39.7 cm³/mol. The number of hydrogen-bond donors (Lipinski definition) is 1. The Morgan fingerprint density at radius 2 is 2.20 bits per heavy atom. The van der Waals surface area contributed by atoms with E-state index < -0.39 is 5.82 Å². The molecule has 2 radical (unpaired) electrons. The largest absolute Gasteiger partial charge is 0.326 e. The molecule has 2 N–H and O–H groups in total. The quantitative estimate of drug-likeness (QED) is 0.542. The van der Waals surface area contributed by atoms with E-state index in [1.807, 2.05) is 0 Å². The van der Waals surface area contributed by atoms with Gasteiger partial charge in [-0.1, -0.05) is 17.6 Å². The van der Waals surface area contributed by atoms with Crippen molar-refractivity contribution >= 4 is 13.3 Å². The highest BCUT2D eigenvalue weighted by molar-refractivity contribution is 6.32. The molecule has 1 nitrogen and oxygen atoms in total. The number of halogens is 1. The second-order valence-electron chi connectivity index (χ2n) is 2.06. The van der Waals surface area contributed by atoms with Crippen molar-refractivity contribution in [2.75, 3.05) is 0 Å². The van der Waals surface area contributed by atoms with Crippen LogP contribution < -0.4 is 11.2 Å². The van der Waals surface area contributed by atoms with Crippen LogP contribution in [0.5, 0.6) is 0 Å². The molecule has 0 unspecified atom stereocenters. The fraction of sp³-hybridized carbons (Fsp3) is 0.143. The summed E-state index contributed by atoms with van der Waals surface area (Å²) in [6, 6.07) is 4.56. The van der Waals surface area contributed by atoms with E-state index >= 15 is 0 Å². The van der Waals surface area contributed by atoms with Gasteiger partial charge in [0.25, 0.3) is 0 Å². The first-order valence-corrected chi connectivity index (χ1v) is 2.98. The average Bonchev–Trinajstić information content (AvgIpc) is 1.95. The first kappa shape index (κ1) is 7.28. The summed E-state index contributed by atoms with van der Waals surface area (Å²) in [5, 5.41) is 0. The van der Waals surface area contributed by atoms with Crippen LogP contribution >= 0.6 is 0 Å². The lowest BCUT2D eigenvalue weighted by atomic mass is 9.94. The molecule has 0 saturated carbocycles. The summed E-state index contributed by atoms with van der Waals surface area (Å²) >= 11 is 0. The Labute approximate surface area is 60.5 Å². The molecule has 0 aliphatic rings. The minimum atomic E-state index is -0.400. The van der Waals surface area contributed by atoms with Crippen molar-refractivity contribution in [3.8, 4) is 0 Å². The van der Waals surface area contributed by atoms with E-state index in [-0.39, 0.29) is 5.46 Å². The maximum Gasteiger partial charge on any atom is 0.117 e. The van der Waals surface area contributed by atoms with Gasteiger partial charge in [-0.05, 0) is 11.6 Å². The van der Waals surface area contributed by atoms with Crippen molar-refractivity contribution in [3.05, 3.63) is 29.6 Å². The minimum absolute atomic E-state index is 0.164. The van der Waals surface area contributed by atoms with Gasteiger partial charge in [0.2, 0.25) is 0 Å². The molecule has 0 aliphatic carbocycles. The maximum atomic E-state index is 12.6. The first-order valence-electron chi connectivity index (χ1n) is 2.98. The number of hydrogen-bond acceptors (Lipinski definition) is 1. The summed E-state index contributed by atoms with van der Waals surface area (Å²) in [7, 11) is 5.23. The van der Waals surface area contributed by atoms with Gasteiger partial charge < -0.3 is 5.73 Å². The molecule has 0 aliphatic heterocycles. The maximum absolute atomic E-state index is 12.6. The zero-order valence-corrected chi connectivity index (χ0v) is 5.47. The SMILES string of the molecule is [B]c1ccc(CN)cc1F. The summed E-state index contributed by atoms with van der Waals surface area (Å²) < 4.78 is 12.6. The molecule has 1 rings (SSSR count). The summed E-state index contributed by atoms with van der Waals surface area (Å²) in [5.74, 6) is -0.400. The summed E-state index contributed by atoms with van der Waals surface area (Å²) in [4.78, 5) is 0. The summed E-state index contributed by atoms with van der Waals surface area (Å²) in [6.45, 7) is 0.344. The minimum Gasteiger partial charge on any atom is -0.326 e. The van der Waals surface area contributed by atoms with Crippen LogP contribution in [0.15, 0.2) is 18.2 Å². The number of benzene rings is 1. The van der Waals surface area contributed by atoms with E-state index in [9.17, 15) is 4.39 Å². The molecule has 0 bridgehead atoms. The van der Waals surface area contributed by atoms with Crippen LogP contribution in [0.25, 0.3) is 0 Å². The van der Waals surface area contributed by atoms with Crippen molar-refractivity contribution in [2.45, 2.75) is 6.54 Å². The first-order chi connectivity index (χ1) is 4.74. The normalized spacial score (nSPS) is 9.80. The summed E-state index contributed by atoms with van der Waals surface area (Å²) in [5.41, 5.74) is 6.18. The lowest BCUT2D eigenvalue weighted by Gasteiger charge is -1.98. The Morgan fingerprint density at radius 1 is 1.50 bits per heavy atom. The van der Waals surface area contributed by atoms with E-state index in [1.54, 1.807) is 6.07 Å². The molecule has 3 heteroatoms. The molecule has 0 heterocycles.